The van der Waals surface area contributed by atoms with Crippen molar-refractivity contribution in [1.29, 1.82) is 0 Å². The highest BCUT2D eigenvalue weighted by molar-refractivity contribution is 6.84. The van der Waals surface area contributed by atoms with Gasteiger partial charge in [0, 0.05) is 11.3 Å². The van der Waals surface area contributed by atoms with Crippen LogP contribution in [0.3, 0.4) is 0 Å². The molecule has 31 heavy (non-hydrogen) atoms. The van der Waals surface area contributed by atoms with Gasteiger partial charge in [-0.15, -0.1) is 0 Å². The Bertz CT molecular complexity index is 637. The number of benzene rings is 1. The molecule has 7 heteroatoms. The Morgan fingerprint density at radius 2 is 1.00 bits per heavy atom. The first-order chi connectivity index (χ1) is 14.7. The third-order valence-electron chi connectivity index (χ3n) is 5.76. The second-order valence-corrected chi connectivity index (χ2v) is 12.7. The second-order valence-electron chi connectivity index (χ2n) is 8.95. The summed E-state index contributed by atoms with van der Waals surface area (Å²) < 4.78 is 75.4. The first-order valence-electron chi connectivity index (χ1n) is 11.9. The van der Waals surface area contributed by atoms with Crippen molar-refractivity contribution in [2.24, 2.45) is 0 Å². The van der Waals surface area contributed by atoms with Crippen LogP contribution in [0.1, 0.15) is 97.3 Å². The lowest BCUT2D eigenvalue weighted by atomic mass is 10.0. The van der Waals surface area contributed by atoms with Crippen molar-refractivity contribution >= 4 is 13.5 Å². The Balaban J connectivity index is 2.59. The van der Waals surface area contributed by atoms with Crippen molar-refractivity contribution in [2.75, 3.05) is 0 Å². The first-order valence-corrected chi connectivity index (χ1v) is 14.8. The van der Waals surface area contributed by atoms with Crippen LogP contribution < -0.4 is 5.19 Å². The van der Waals surface area contributed by atoms with E-state index < -0.39 is 42.6 Å². The number of rotatable bonds is 16. The van der Waals surface area contributed by atoms with Crippen LogP contribution in [0.5, 0.6) is 0 Å². The highest BCUT2D eigenvalue weighted by Crippen LogP contribution is 2.24. The van der Waals surface area contributed by atoms with Crippen molar-refractivity contribution in [3.8, 4) is 0 Å². The molecular weight excluding hydrogens is 427 g/mol. The first kappa shape index (κ1) is 28.1. The van der Waals surface area contributed by atoms with Crippen molar-refractivity contribution in [3.63, 3.8) is 0 Å². The molecule has 0 fully saturated rings. The standard InChI is InChI=1S/C24H39F5OSi/c1-5-7-8-9-10-11-12-13-14-15-17-18(16-6-2)30-31(3,4)24-22(28)20(26)19(25)21(27)23(24)29/h18H,5-17H2,1-4H3. The van der Waals surface area contributed by atoms with E-state index >= 15 is 0 Å². The zero-order chi connectivity index (χ0) is 23.4. The van der Waals surface area contributed by atoms with Gasteiger partial charge < -0.3 is 4.43 Å². The molecule has 0 spiro atoms. The zero-order valence-electron chi connectivity index (χ0n) is 19.6. The van der Waals surface area contributed by atoms with Gasteiger partial charge in [-0.2, -0.15) is 0 Å². The van der Waals surface area contributed by atoms with Crippen molar-refractivity contribution < 1.29 is 26.4 Å². The smallest absolute Gasteiger partial charge is 0.225 e. The van der Waals surface area contributed by atoms with Gasteiger partial charge in [-0.3, -0.25) is 0 Å². The highest BCUT2D eigenvalue weighted by Gasteiger charge is 2.39. The number of hydrogen-bond donors (Lipinski definition) is 0. The monoisotopic (exact) mass is 466 g/mol. The highest BCUT2D eigenvalue weighted by atomic mass is 28.4. The van der Waals surface area contributed by atoms with Gasteiger partial charge in [-0.25, -0.2) is 22.0 Å². The van der Waals surface area contributed by atoms with E-state index in [4.69, 9.17) is 4.43 Å². The Labute approximate surface area is 185 Å². The van der Waals surface area contributed by atoms with E-state index in [0.717, 1.165) is 32.1 Å². The fourth-order valence-corrected chi connectivity index (χ4v) is 6.52. The third kappa shape index (κ3) is 8.83. The zero-order valence-corrected chi connectivity index (χ0v) is 20.6. The molecule has 0 aliphatic carbocycles. The summed E-state index contributed by atoms with van der Waals surface area (Å²) in [6.07, 6.45) is 14.1. The Morgan fingerprint density at radius 3 is 1.45 bits per heavy atom. The maximum atomic E-state index is 14.3. The van der Waals surface area contributed by atoms with Crippen LogP contribution in [-0.2, 0) is 4.43 Å². The van der Waals surface area contributed by atoms with E-state index in [-0.39, 0.29) is 6.10 Å². The molecule has 0 saturated heterocycles. The van der Waals surface area contributed by atoms with Crippen LogP contribution in [0, 0.1) is 29.1 Å². The predicted octanol–water partition coefficient (Wildman–Crippen LogP) is 8.29. The minimum Gasteiger partial charge on any atom is -0.410 e. The lowest BCUT2D eigenvalue weighted by molar-refractivity contribution is 0.170. The quantitative estimate of drug-likeness (QED) is 0.0783. The average Bonchev–Trinajstić information content (AvgIpc) is 2.72. The van der Waals surface area contributed by atoms with E-state index in [1.54, 1.807) is 0 Å². The summed E-state index contributed by atoms with van der Waals surface area (Å²) in [5, 5.41) is -0.770. The molecule has 1 rings (SSSR count). The van der Waals surface area contributed by atoms with Crippen molar-refractivity contribution in [2.45, 2.75) is 117 Å². The van der Waals surface area contributed by atoms with Crippen LogP contribution in [0.15, 0.2) is 0 Å². The Hall–Kier alpha value is -0.953. The van der Waals surface area contributed by atoms with Crippen molar-refractivity contribution in [1.82, 2.24) is 0 Å². The van der Waals surface area contributed by atoms with Gasteiger partial charge >= 0.3 is 0 Å². The molecular formula is C24H39F5OSi. The topological polar surface area (TPSA) is 9.23 Å². The molecule has 1 nitrogen and oxygen atoms in total. The van der Waals surface area contributed by atoms with Gasteiger partial charge in [-0.1, -0.05) is 84.5 Å². The van der Waals surface area contributed by atoms with Gasteiger partial charge in [0.2, 0.25) is 14.1 Å². The maximum Gasteiger partial charge on any atom is 0.225 e. The van der Waals surface area contributed by atoms with E-state index in [1.165, 1.54) is 58.0 Å². The van der Waals surface area contributed by atoms with E-state index in [9.17, 15) is 22.0 Å². The summed E-state index contributed by atoms with van der Waals surface area (Å²) in [5.41, 5.74) is 0. The van der Waals surface area contributed by atoms with Gasteiger partial charge in [-0.05, 0) is 25.9 Å². The molecule has 0 bridgehead atoms. The molecule has 0 amide bonds. The van der Waals surface area contributed by atoms with Crippen molar-refractivity contribution in [3.05, 3.63) is 29.1 Å². The van der Waals surface area contributed by atoms with Crippen LogP contribution in [-0.4, -0.2) is 14.4 Å². The summed E-state index contributed by atoms with van der Waals surface area (Å²) in [4.78, 5) is 0. The molecule has 1 atom stereocenters. The molecule has 1 unspecified atom stereocenters. The molecule has 0 saturated carbocycles. The molecule has 180 valence electrons. The molecule has 1 aromatic carbocycles. The fraction of sp³-hybridized carbons (Fsp3) is 0.750. The molecule has 1 aromatic rings. The molecule has 0 aromatic heterocycles. The summed E-state index contributed by atoms with van der Waals surface area (Å²) in [6, 6.07) is 0. The summed E-state index contributed by atoms with van der Waals surface area (Å²) in [5.74, 6) is -9.46. The summed E-state index contributed by atoms with van der Waals surface area (Å²) in [7, 11) is -3.35. The minimum absolute atomic E-state index is 0.240. The van der Waals surface area contributed by atoms with E-state index in [1.807, 2.05) is 6.92 Å². The lowest BCUT2D eigenvalue weighted by Gasteiger charge is -2.30. The molecule has 0 heterocycles. The molecule has 0 aliphatic rings. The maximum absolute atomic E-state index is 14.3. The summed E-state index contributed by atoms with van der Waals surface area (Å²) >= 11 is 0. The molecule has 0 radical (unpaired) electrons. The number of halogens is 5. The molecule has 0 N–H and O–H groups in total. The number of unbranched alkanes of at least 4 members (excludes halogenated alkanes) is 9. The SMILES string of the molecule is CCCCCCCCCCCCC(CCC)O[Si](C)(C)c1c(F)c(F)c(F)c(F)c1F. The summed E-state index contributed by atoms with van der Waals surface area (Å²) in [6.45, 7) is 7.18. The van der Waals surface area contributed by atoms with E-state index in [2.05, 4.69) is 6.92 Å². The van der Waals surface area contributed by atoms with Gasteiger partial charge in [0.1, 0.15) is 0 Å². The predicted molar refractivity (Wildman–Crippen MR) is 120 cm³/mol. The van der Waals surface area contributed by atoms with Crippen LogP contribution in [0.25, 0.3) is 0 Å². The average molecular weight is 467 g/mol. The van der Waals surface area contributed by atoms with Gasteiger partial charge in [0.05, 0.1) is 0 Å². The van der Waals surface area contributed by atoms with Crippen LogP contribution in [0.2, 0.25) is 13.1 Å². The minimum atomic E-state index is -3.35. The third-order valence-corrected chi connectivity index (χ3v) is 8.33. The van der Waals surface area contributed by atoms with Crippen LogP contribution in [0.4, 0.5) is 22.0 Å². The lowest BCUT2D eigenvalue weighted by Crippen LogP contribution is -2.51. The molecule has 0 aliphatic heterocycles. The number of hydrogen-bond acceptors (Lipinski definition) is 1. The largest absolute Gasteiger partial charge is 0.410 e. The Kier molecular flexibility index (Phi) is 12.9. The van der Waals surface area contributed by atoms with Crippen LogP contribution >= 0.6 is 0 Å². The Morgan fingerprint density at radius 1 is 0.581 bits per heavy atom. The second kappa shape index (κ2) is 14.2. The van der Waals surface area contributed by atoms with Gasteiger partial charge in [0.25, 0.3) is 0 Å². The van der Waals surface area contributed by atoms with Gasteiger partial charge in [0.15, 0.2) is 23.3 Å². The fourth-order valence-electron chi connectivity index (χ4n) is 4.05. The van der Waals surface area contributed by atoms with E-state index in [0.29, 0.717) is 6.42 Å². The normalized spacial score (nSPS) is 13.1.